The van der Waals surface area contributed by atoms with Gasteiger partial charge in [0.15, 0.2) is 0 Å². The van der Waals surface area contributed by atoms with E-state index in [0.29, 0.717) is 16.5 Å². The summed E-state index contributed by atoms with van der Waals surface area (Å²) in [6.07, 6.45) is 2.39. The topological polar surface area (TPSA) is 48.4 Å². The van der Waals surface area contributed by atoms with Gasteiger partial charge in [-0.1, -0.05) is 11.3 Å². The highest BCUT2D eigenvalue weighted by atomic mass is 32.1. The molecule has 1 saturated carbocycles. The average Bonchev–Trinajstić information content (AvgIpc) is 2.90. The van der Waals surface area contributed by atoms with E-state index in [9.17, 15) is 13.6 Å². The zero-order valence-corrected chi connectivity index (χ0v) is 14.2. The molecule has 1 aliphatic carbocycles. The SMILES string of the molecule is CC(=O)OC(C)c1c(F)cc(-c2csc(OC3CCC3)n2)cc1F. The first-order chi connectivity index (χ1) is 11.4. The van der Waals surface area contributed by atoms with Crippen molar-refractivity contribution in [1.29, 1.82) is 0 Å². The molecular formula is C17H17F2NO3S. The number of halogens is 2. The van der Waals surface area contributed by atoms with E-state index in [2.05, 4.69) is 4.98 Å². The quantitative estimate of drug-likeness (QED) is 0.735. The summed E-state index contributed by atoms with van der Waals surface area (Å²) >= 11 is 1.31. The fraction of sp³-hybridized carbons (Fsp3) is 0.412. The normalized spacial score (nSPS) is 15.7. The summed E-state index contributed by atoms with van der Waals surface area (Å²) in [6, 6.07) is 2.39. The first-order valence-electron chi connectivity index (χ1n) is 7.72. The minimum atomic E-state index is -0.996. The molecule has 3 rings (SSSR count). The van der Waals surface area contributed by atoms with Gasteiger partial charge in [0.25, 0.3) is 5.19 Å². The molecule has 1 fully saturated rings. The number of nitrogens with zero attached hydrogens (tertiary/aromatic N) is 1. The molecule has 1 unspecified atom stereocenters. The molecule has 1 aromatic heterocycles. The number of esters is 1. The molecule has 7 heteroatoms. The molecule has 0 amide bonds. The highest BCUT2D eigenvalue weighted by molar-refractivity contribution is 7.11. The lowest BCUT2D eigenvalue weighted by Gasteiger charge is -2.24. The van der Waals surface area contributed by atoms with E-state index in [4.69, 9.17) is 9.47 Å². The largest absolute Gasteiger partial charge is 0.467 e. The third kappa shape index (κ3) is 3.56. The summed E-state index contributed by atoms with van der Waals surface area (Å²) in [5, 5.41) is 2.21. The molecule has 0 saturated heterocycles. The number of carbonyl (C=O) groups excluding carboxylic acids is 1. The van der Waals surface area contributed by atoms with Crippen molar-refractivity contribution in [3.05, 3.63) is 34.7 Å². The van der Waals surface area contributed by atoms with Crippen molar-refractivity contribution in [2.75, 3.05) is 0 Å². The van der Waals surface area contributed by atoms with Gasteiger partial charge in [0.05, 0.1) is 11.3 Å². The van der Waals surface area contributed by atoms with E-state index in [1.807, 2.05) is 0 Å². The third-order valence-corrected chi connectivity index (χ3v) is 4.66. The Labute approximate surface area is 142 Å². The van der Waals surface area contributed by atoms with Crippen LogP contribution >= 0.6 is 11.3 Å². The fourth-order valence-corrected chi connectivity index (χ4v) is 3.25. The Kier molecular flexibility index (Phi) is 4.80. The van der Waals surface area contributed by atoms with Gasteiger partial charge >= 0.3 is 5.97 Å². The molecular weight excluding hydrogens is 336 g/mol. The molecule has 0 radical (unpaired) electrons. The Morgan fingerprint density at radius 3 is 2.54 bits per heavy atom. The van der Waals surface area contributed by atoms with Gasteiger partial charge in [0.1, 0.15) is 23.8 Å². The zero-order chi connectivity index (χ0) is 17.3. The van der Waals surface area contributed by atoms with Gasteiger partial charge in [-0.05, 0) is 38.3 Å². The summed E-state index contributed by atoms with van der Waals surface area (Å²) in [6.45, 7) is 2.62. The van der Waals surface area contributed by atoms with Crippen molar-refractivity contribution >= 4 is 17.3 Å². The molecule has 0 spiro atoms. The van der Waals surface area contributed by atoms with Gasteiger partial charge in [-0.25, -0.2) is 13.8 Å². The predicted octanol–water partition coefficient (Wildman–Crippen LogP) is 4.64. The molecule has 1 aromatic carbocycles. The molecule has 0 N–H and O–H groups in total. The van der Waals surface area contributed by atoms with Crippen molar-refractivity contribution < 1.29 is 23.0 Å². The number of benzene rings is 1. The van der Waals surface area contributed by atoms with Crippen LogP contribution < -0.4 is 4.74 Å². The van der Waals surface area contributed by atoms with Crippen LogP contribution in [0.4, 0.5) is 8.78 Å². The van der Waals surface area contributed by atoms with E-state index in [-0.39, 0.29) is 11.7 Å². The fourth-order valence-electron chi connectivity index (χ4n) is 2.50. The second-order valence-electron chi connectivity index (χ2n) is 5.77. The third-order valence-electron chi connectivity index (χ3n) is 3.93. The number of rotatable bonds is 5. The maximum absolute atomic E-state index is 14.3. The van der Waals surface area contributed by atoms with Gasteiger partial charge in [-0.15, -0.1) is 0 Å². The molecule has 4 nitrogen and oxygen atoms in total. The van der Waals surface area contributed by atoms with Crippen LogP contribution in [0.25, 0.3) is 11.3 Å². The minimum Gasteiger partial charge on any atom is -0.467 e. The number of hydrogen-bond acceptors (Lipinski definition) is 5. The lowest BCUT2D eigenvalue weighted by Crippen LogP contribution is -2.24. The standard InChI is InChI=1S/C17H17F2NO3S/c1-9(22-10(2)21)16-13(18)6-11(7-14(16)19)15-8-24-17(20-15)23-12-4-3-5-12/h6-9,12H,3-5H2,1-2H3. The Balaban J connectivity index is 1.83. The number of aromatic nitrogens is 1. The monoisotopic (exact) mass is 353 g/mol. The molecule has 1 aliphatic rings. The maximum atomic E-state index is 14.3. The van der Waals surface area contributed by atoms with Gasteiger partial charge in [-0.3, -0.25) is 4.79 Å². The van der Waals surface area contributed by atoms with Crippen molar-refractivity contribution in [2.45, 2.75) is 45.3 Å². The summed E-state index contributed by atoms with van der Waals surface area (Å²) in [7, 11) is 0. The molecule has 1 heterocycles. The van der Waals surface area contributed by atoms with Crippen LogP contribution in [-0.2, 0) is 9.53 Å². The predicted molar refractivity (Wildman–Crippen MR) is 85.9 cm³/mol. The summed E-state index contributed by atoms with van der Waals surface area (Å²) in [5.41, 5.74) is 0.511. The van der Waals surface area contributed by atoms with Crippen molar-refractivity contribution in [3.63, 3.8) is 0 Å². The number of hydrogen-bond donors (Lipinski definition) is 0. The zero-order valence-electron chi connectivity index (χ0n) is 13.3. The lowest BCUT2D eigenvalue weighted by molar-refractivity contribution is -0.146. The second-order valence-corrected chi connectivity index (χ2v) is 6.60. The first-order valence-corrected chi connectivity index (χ1v) is 8.60. The van der Waals surface area contributed by atoms with Crippen LogP contribution in [0, 0.1) is 11.6 Å². The van der Waals surface area contributed by atoms with Crippen LogP contribution in [0.2, 0.25) is 0 Å². The second kappa shape index (κ2) is 6.84. The smallest absolute Gasteiger partial charge is 0.303 e. The van der Waals surface area contributed by atoms with E-state index in [0.717, 1.165) is 19.3 Å². The molecule has 0 bridgehead atoms. The van der Waals surface area contributed by atoms with Crippen molar-refractivity contribution in [2.24, 2.45) is 0 Å². The van der Waals surface area contributed by atoms with Crippen LogP contribution in [-0.4, -0.2) is 17.1 Å². The van der Waals surface area contributed by atoms with Gasteiger partial charge in [-0.2, -0.15) is 0 Å². The average molecular weight is 353 g/mol. The summed E-state index contributed by atoms with van der Waals surface area (Å²) < 4.78 is 39.1. The number of thiazole rings is 1. The number of carbonyl (C=O) groups is 1. The van der Waals surface area contributed by atoms with Gasteiger partial charge in [0, 0.05) is 17.9 Å². The molecule has 24 heavy (non-hydrogen) atoms. The van der Waals surface area contributed by atoms with Crippen LogP contribution in [0.1, 0.15) is 44.8 Å². The molecule has 2 aromatic rings. The van der Waals surface area contributed by atoms with E-state index >= 15 is 0 Å². The van der Waals surface area contributed by atoms with Gasteiger partial charge in [0.2, 0.25) is 0 Å². The highest BCUT2D eigenvalue weighted by Gasteiger charge is 2.23. The molecule has 0 aliphatic heterocycles. The summed E-state index contributed by atoms with van der Waals surface area (Å²) in [4.78, 5) is 15.3. The molecule has 1 atom stereocenters. The van der Waals surface area contributed by atoms with Crippen LogP contribution in [0.5, 0.6) is 5.19 Å². The Bertz CT molecular complexity index is 735. The van der Waals surface area contributed by atoms with E-state index in [1.54, 1.807) is 5.38 Å². The highest BCUT2D eigenvalue weighted by Crippen LogP contribution is 2.33. The lowest BCUT2D eigenvalue weighted by atomic mass is 9.96. The Morgan fingerprint density at radius 2 is 2.00 bits per heavy atom. The van der Waals surface area contributed by atoms with Crippen LogP contribution in [0.3, 0.4) is 0 Å². The van der Waals surface area contributed by atoms with Crippen LogP contribution in [0.15, 0.2) is 17.5 Å². The Morgan fingerprint density at radius 1 is 1.33 bits per heavy atom. The number of ether oxygens (including phenoxy) is 2. The van der Waals surface area contributed by atoms with E-state index < -0.39 is 23.7 Å². The van der Waals surface area contributed by atoms with Gasteiger partial charge < -0.3 is 9.47 Å². The minimum absolute atomic E-state index is 0.199. The molecule has 128 valence electrons. The first kappa shape index (κ1) is 16.8. The maximum Gasteiger partial charge on any atom is 0.303 e. The Hall–Kier alpha value is -2.02. The summed E-state index contributed by atoms with van der Waals surface area (Å²) in [5.74, 6) is -2.14. The van der Waals surface area contributed by atoms with Crippen molar-refractivity contribution in [3.8, 4) is 16.5 Å². The van der Waals surface area contributed by atoms with E-state index in [1.165, 1.54) is 37.3 Å². The van der Waals surface area contributed by atoms with Crippen molar-refractivity contribution in [1.82, 2.24) is 4.98 Å².